The van der Waals surface area contributed by atoms with Crippen LogP contribution >= 0.6 is 0 Å². The van der Waals surface area contributed by atoms with Gasteiger partial charge in [0.05, 0.1) is 6.04 Å². The van der Waals surface area contributed by atoms with E-state index in [4.69, 9.17) is 10.3 Å². The smallest absolute Gasteiger partial charge is 0.406 e. The van der Waals surface area contributed by atoms with Crippen LogP contribution in [0.15, 0.2) is 28.8 Å². The third-order valence-electron chi connectivity index (χ3n) is 2.79. The Morgan fingerprint density at radius 1 is 1.19 bits per heavy atom. The molecule has 0 aliphatic carbocycles. The molecule has 1 aromatic carbocycles. The second-order valence-electron chi connectivity index (χ2n) is 4.80. The second kappa shape index (κ2) is 5.72. The molecule has 0 spiro atoms. The van der Waals surface area contributed by atoms with Crippen molar-refractivity contribution < 1.29 is 22.4 Å². The number of alkyl halides is 3. The molecule has 0 saturated carbocycles. The first-order valence-corrected chi connectivity index (χ1v) is 6.21. The Hall–Kier alpha value is -2.09. The molecule has 0 bridgehead atoms. The standard InChI is InChI=1S/C13H14F3N3O2/c1-7(2)10(17)11-18-12(21-19-11)8-3-5-9(6-4-8)20-13(14,15)16/h3-7,10H,17H2,1-2H3. The van der Waals surface area contributed by atoms with Crippen LogP contribution in [0.5, 0.6) is 5.75 Å². The number of halogens is 3. The van der Waals surface area contributed by atoms with E-state index in [0.717, 1.165) is 0 Å². The molecule has 2 rings (SSSR count). The van der Waals surface area contributed by atoms with Crippen molar-refractivity contribution in [1.29, 1.82) is 0 Å². The van der Waals surface area contributed by atoms with Crippen LogP contribution in [0.25, 0.3) is 11.5 Å². The normalized spacial score (nSPS) is 13.5. The van der Waals surface area contributed by atoms with Crippen molar-refractivity contribution in [3.8, 4) is 17.2 Å². The van der Waals surface area contributed by atoms with Crippen LogP contribution in [-0.2, 0) is 0 Å². The van der Waals surface area contributed by atoms with Gasteiger partial charge in [0.2, 0.25) is 0 Å². The number of nitrogens with two attached hydrogens (primary N) is 1. The van der Waals surface area contributed by atoms with Gasteiger partial charge in [0, 0.05) is 5.56 Å². The summed E-state index contributed by atoms with van der Waals surface area (Å²) in [6.07, 6.45) is -4.72. The molecular weight excluding hydrogens is 287 g/mol. The van der Waals surface area contributed by atoms with Crippen molar-refractivity contribution in [2.45, 2.75) is 26.3 Å². The van der Waals surface area contributed by atoms with E-state index in [1.807, 2.05) is 13.8 Å². The summed E-state index contributed by atoms with van der Waals surface area (Å²) in [6.45, 7) is 3.84. The number of benzene rings is 1. The van der Waals surface area contributed by atoms with Gasteiger partial charge in [-0.1, -0.05) is 19.0 Å². The molecule has 0 radical (unpaired) electrons. The maximum absolute atomic E-state index is 12.1. The van der Waals surface area contributed by atoms with Gasteiger partial charge in [-0.3, -0.25) is 0 Å². The number of nitrogens with zero attached hydrogens (tertiary/aromatic N) is 2. The number of rotatable bonds is 4. The van der Waals surface area contributed by atoms with Crippen LogP contribution in [0.4, 0.5) is 13.2 Å². The molecule has 1 aromatic heterocycles. The lowest BCUT2D eigenvalue weighted by Gasteiger charge is -2.09. The van der Waals surface area contributed by atoms with E-state index in [9.17, 15) is 13.2 Å². The molecule has 1 unspecified atom stereocenters. The molecular formula is C13H14F3N3O2. The number of ether oxygens (including phenoxy) is 1. The first kappa shape index (κ1) is 15.3. The monoisotopic (exact) mass is 301 g/mol. The SMILES string of the molecule is CC(C)C(N)c1noc(-c2ccc(OC(F)(F)F)cc2)n1. The minimum Gasteiger partial charge on any atom is -0.406 e. The van der Waals surface area contributed by atoms with Crippen molar-refractivity contribution in [2.24, 2.45) is 11.7 Å². The molecule has 0 aliphatic rings. The number of aromatic nitrogens is 2. The van der Waals surface area contributed by atoms with Crippen LogP contribution in [0, 0.1) is 5.92 Å². The summed E-state index contributed by atoms with van der Waals surface area (Å²) in [5, 5.41) is 3.77. The molecule has 1 atom stereocenters. The molecule has 114 valence electrons. The quantitative estimate of drug-likeness (QED) is 0.938. The van der Waals surface area contributed by atoms with E-state index in [0.29, 0.717) is 11.4 Å². The van der Waals surface area contributed by atoms with Gasteiger partial charge in [-0.05, 0) is 30.2 Å². The van der Waals surface area contributed by atoms with E-state index in [2.05, 4.69) is 14.9 Å². The summed E-state index contributed by atoms with van der Waals surface area (Å²) in [6, 6.07) is 4.79. The van der Waals surface area contributed by atoms with Gasteiger partial charge in [0.1, 0.15) is 5.75 Å². The van der Waals surface area contributed by atoms with Crippen LogP contribution in [0.2, 0.25) is 0 Å². The Morgan fingerprint density at radius 2 is 1.81 bits per heavy atom. The minimum absolute atomic E-state index is 0.137. The average Bonchev–Trinajstić information content (AvgIpc) is 2.86. The molecule has 8 heteroatoms. The zero-order valence-corrected chi connectivity index (χ0v) is 11.4. The van der Waals surface area contributed by atoms with Gasteiger partial charge in [-0.15, -0.1) is 13.2 Å². The van der Waals surface area contributed by atoms with Crippen molar-refractivity contribution >= 4 is 0 Å². The number of hydrogen-bond acceptors (Lipinski definition) is 5. The molecule has 5 nitrogen and oxygen atoms in total. The fraction of sp³-hybridized carbons (Fsp3) is 0.385. The highest BCUT2D eigenvalue weighted by atomic mass is 19.4. The predicted octanol–water partition coefficient (Wildman–Crippen LogP) is 3.29. The summed E-state index contributed by atoms with van der Waals surface area (Å²) in [4.78, 5) is 4.14. The van der Waals surface area contributed by atoms with Gasteiger partial charge >= 0.3 is 6.36 Å². The topological polar surface area (TPSA) is 74.2 Å². The fourth-order valence-corrected chi connectivity index (χ4v) is 1.58. The Morgan fingerprint density at radius 3 is 2.33 bits per heavy atom. The summed E-state index contributed by atoms with van der Waals surface area (Å²) in [7, 11) is 0. The second-order valence-corrected chi connectivity index (χ2v) is 4.80. The summed E-state index contributed by atoms with van der Waals surface area (Å²) < 4.78 is 45.0. The Labute approximate surface area is 118 Å². The molecule has 0 fully saturated rings. The molecule has 21 heavy (non-hydrogen) atoms. The van der Waals surface area contributed by atoms with Crippen molar-refractivity contribution in [3.05, 3.63) is 30.1 Å². The van der Waals surface area contributed by atoms with Gasteiger partial charge in [0.25, 0.3) is 5.89 Å². The lowest BCUT2D eigenvalue weighted by atomic mass is 10.1. The Bertz CT molecular complexity index is 593. The van der Waals surface area contributed by atoms with E-state index in [-0.39, 0.29) is 23.6 Å². The van der Waals surface area contributed by atoms with Crippen LogP contribution in [0.1, 0.15) is 25.7 Å². The van der Waals surface area contributed by atoms with Crippen molar-refractivity contribution in [2.75, 3.05) is 0 Å². The van der Waals surface area contributed by atoms with Crippen LogP contribution in [-0.4, -0.2) is 16.5 Å². The van der Waals surface area contributed by atoms with Crippen molar-refractivity contribution in [1.82, 2.24) is 10.1 Å². The molecule has 2 aromatic rings. The van der Waals surface area contributed by atoms with Crippen molar-refractivity contribution in [3.63, 3.8) is 0 Å². The van der Waals surface area contributed by atoms with Gasteiger partial charge in [-0.25, -0.2) is 0 Å². The fourth-order valence-electron chi connectivity index (χ4n) is 1.58. The van der Waals surface area contributed by atoms with Gasteiger partial charge in [-0.2, -0.15) is 4.98 Å². The minimum atomic E-state index is -4.72. The largest absolute Gasteiger partial charge is 0.573 e. The third-order valence-corrected chi connectivity index (χ3v) is 2.79. The van der Waals surface area contributed by atoms with E-state index in [1.54, 1.807) is 0 Å². The molecule has 0 aliphatic heterocycles. The lowest BCUT2D eigenvalue weighted by molar-refractivity contribution is -0.274. The van der Waals surface area contributed by atoms with E-state index >= 15 is 0 Å². The maximum atomic E-state index is 12.1. The third kappa shape index (κ3) is 3.94. The first-order chi connectivity index (χ1) is 9.76. The summed E-state index contributed by atoms with van der Waals surface area (Å²) >= 11 is 0. The molecule has 1 heterocycles. The molecule has 0 amide bonds. The zero-order valence-electron chi connectivity index (χ0n) is 11.4. The molecule has 2 N–H and O–H groups in total. The van der Waals surface area contributed by atoms with Gasteiger partial charge < -0.3 is 15.0 Å². The zero-order chi connectivity index (χ0) is 15.6. The molecule has 0 saturated heterocycles. The van der Waals surface area contributed by atoms with Crippen LogP contribution < -0.4 is 10.5 Å². The van der Waals surface area contributed by atoms with Crippen LogP contribution in [0.3, 0.4) is 0 Å². The van der Waals surface area contributed by atoms with Gasteiger partial charge in [0.15, 0.2) is 5.82 Å². The highest BCUT2D eigenvalue weighted by Crippen LogP contribution is 2.26. The highest BCUT2D eigenvalue weighted by molar-refractivity contribution is 5.54. The summed E-state index contributed by atoms with van der Waals surface area (Å²) in [5.41, 5.74) is 6.38. The van der Waals surface area contributed by atoms with E-state index in [1.165, 1.54) is 24.3 Å². The average molecular weight is 301 g/mol. The Balaban J connectivity index is 2.16. The maximum Gasteiger partial charge on any atom is 0.573 e. The summed E-state index contributed by atoms with van der Waals surface area (Å²) in [5.74, 6) is 0.373. The number of hydrogen-bond donors (Lipinski definition) is 1. The van der Waals surface area contributed by atoms with E-state index < -0.39 is 6.36 Å². The first-order valence-electron chi connectivity index (χ1n) is 6.21. The lowest BCUT2D eigenvalue weighted by Crippen LogP contribution is -2.18. The Kier molecular flexibility index (Phi) is 4.17. The highest BCUT2D eigenvalue weighted by Gasteiger charge is 2.31. The predicted molar refractivity (Wildman–Crippen MR) is 68.2 cm³/mol.